The molecule has 0 spiro atoms. The second-order valence-electron chi connectivity index (χ2n) is 7.12. The van der Waals surface area contributed by atoms with E-state index in [2.05, 4.69) is 60.6 Å². The fourth-order valence-electron chi connectivity index (χ4n) is 3.43. The molecule has 0 unspecified atom stereocenters. The Kier molecular flexibility index (Phi) is 12.1. The van der Waals surface area contributed by atoms with Crippen LogP contribution in [0, 0.1) is 0 Å². The predicted octanol–water partition coefficient (Wildman–Crippen LogP) is 3.04. The van der Waals surface area contributed by atoms with Crippen molar-refractivity contribution >= 4 is 53.0 Å². The van der Waals surface area contributed by atoms with Crippen molar-refractivity contribution < 1.29 is 0 Å². The molecule has 1 aliphatic rings. The SMILES string of the molecule is CCc1nncn1CCNC(=NCCCSC)N1CCN(Cc2cccs2)CC1.I. The molecule has 0 aromatic carbocycles. The number of rotatable bonds is 10. The quantitative estimate of drug-likeness (QED) is 0.208. The number of guanidine groups is 1. The summed E-state index contributed by atoms with van der Waals surface area (Å²) >= 11 is 3.73. The zero-order chi connectivity index (χ0) is 20.3. The molecule has 1 aliphatic heterocycles. The molecule has 1 fully saturated rings. The predicted molar refractivity (Wildman–Crippen MR) is 139 cm³/mol. The summed E-state index contributed by atoms with van der Waals surface area (Å²) in [7, 11) is 0. The maximum Gasteiger partial charge on any atom is 0.194 e. The molecule has 0 aliphatic carbocycles. The minimum atomic E-state index is 0. The van der Waals surface area contributed by atoms with Gasteiger partial charge in [-0.1, -0.05) is 13.0 Å². The lowest BCUT2D eigenvalue weighted by atomic mass is 10.3. The van der Waals surface area contributed by atoms with Crippen molar-refractivity contribution in [3.8, 4) is 0 Å². The summed E-state index contributed by atoms with van der Waals surface area (Å²) in [4.78, 5) is 11.3. The van der Waals surface area contributed by atoms with E-state index in [9.17, 15) is 0 Å². The molecule has 30 heavy (non-hydrogen) atoms. The molecule has 3 rings (SSSR count). The van der Waals surface area contributed by atoms with Crippen molar-refractivity contribution in [2.75, 3.05) is 51.3 Å². The van der Waals surface area contributed by atoms with Gasteiger partial charge in [0.25, 0.3) is 0 Å². The number of aryl methyl sites for hydroxylation is 1. The van der Waals surface area contributed by atoms with Crippen LogP contribution in [0.2, 0.25) is 0 Å². The van der Waals surface area contributed by atoms with Crippen LogP contribution < -0.4 is 5.32 Å². The van der Waals surface area contributed by atoms with Crippen molar-refractivity contribution in [3.63, 3.8) is 0 Å². The molecule has 0 bridgehead atoms. The number of piperazine rings is 1. The van der Waals surface area contributed by atoms with Gasteiger partial charge in [0.05, 0.1) is 0 Å². The van der Waals surface area contributed by atoms with Crippen LogP contribution in [-0.4, -0.2) is 81.8 Å². The summed E-state index contributed by atoms with van der Waals surface area (Å²) in [5.74, 6) is 3.24. The topological polar surface area (TPSA) is 61.6 Å². The molecule has 168 valence electrons. The first-order valence-corrected chi connectivity index (χ1v) is 12.7. The largest absolute Gasteiger partial charge is 0.354 e. The van der Waals surface area contributed by atoms with E-state index in [1.807, 2.05) is 29.4 Å². The average molecular weight is 564 g/mol. The first-order valence-electron chi connectivity index (χ1n) is 10.4. The Bertz CT molecular complexity index is 727. The van der Waals surface area contributed by atoms with Crippen LogP contribution in [0.1, 0.15) is 24.0 Å². The molecule has 10 heteroatoms. The Morgan fingerprint density at radius 2 is 2.13 bits per heavy atom. The third kappa shape index (κ3) is 8.01. The highest BCUT2D eigenvalue weighted by Crippen LogP contribution is 2.13. The zero-order valence-electron chi connectivity index (χ0n) is 18.0. The summed E-state index contributed by atoms with van der Waals surface area (Å²) in [6.45, 7) is 9.95. The van der Waals surface area contributed by atoms with Crippen LogP contribution >= 0.6 is 47.1 Å². The summed E-state index contributed by atoms with van der Waals surface area (Å²) in [6.07, 6.45) is 6.00. The van der Waals surface area contributed by atoms with Crippen LogP contribution in [0.5, 0.6) is 0 Å². The first-order chi connectivity index (χ1) is 14.3. The van der Waals surface area contributed by atoms with Gasteiger partial charge < -0.3 is 14.8 Å². The second kappa shape index (κ2) is 14.3. The Hall–Kier alpha value is -0.850. The number of hydrogen-bond acceptors (Lipinski definition) is 6. The highest BCUT2D eigenvalue weighted by molar-refractivity contribution is 14.0. The summed E-state index contributed by atoms with van der Waals surface area (Å²) in [5, 5.41) is 13.9. The Morgan fingerprint density at radius 1 is 1.30 bits per heavy atom. The van der Waals surface area contributed by atoms with Gasteiger partial charge in [-0.2, -0.15) is 11.8 Å². The van der Waals surface area contributed by atoms with Gasteiger partial charge in [0.1, 0.15) is 12.2 Å². The van der Waals surface area contributed by atoms with Gasteiger partial charge in [0, 0.05) is 63.7 Å². The number of nitrogens with one attached hydrogen (secondary N) is 1. The summed E-state index contributed by atoms with van der Waals surface area (Å²) < 4.78 is 2.12. The molecule has 2 aromatic rings. The van der Waals surface area contributed by atoms with Gasteiger partial charge in [0.2, 0.25) is 0 Å². The normalized spacial score (nSPS) is 15.3. The lowest BCUT2D eigenvalue weighted by Crippen LogP contribution is -2.52. The molecule has 0 atom stereocenters. The molecule has 1 N–H and O–H groups in total. The molecule has 0 radical (unpaired) electrons. The highest BCUT2D eigenvalue weighted by Gasteiger charge is 2.20. The number of aromatic nitrogens is 3. The molecule has 3 heterocycles. The van der Waals surface area contributed by atoms with E-state index in [0.717, 1.165) is 82.7 Å². The average Bonchev–Trinajstić information content (AvgIpc) is 3.42. The van der Waals surface area contributed by atoms with Crippen molar-refractivity contribution in [3.05, 3.63) is 34.5 Å². The fraction of sp³-hybridized carbons (Fsp3) is 0.650. The Labute approximate surface area is 205 Å². The molecule has 0 amide bonds. The van der Waals surface area contributed by atoms with E-state index < -0.39 is 0 Å². The molecular weight excluding hydrogens is 529 g/mol. The zero-order valence-corrected chi connectivity index (χ0v) is 22.0. The first kappa shape index (κ1) is 25.4. The smallest absolute Gasteiger partial charge is 0.194 e. The van der Waals surface area contributed by atoms with E-state index in [4.69, 9.17) is 4.99 Å². The van der Waals surface area contributed by atoms with Crippen LogP contribution in [0.15, 0.2) is 28.8 Å². The van der Waals surface area contributed by atoms with E-state index in [1.165, 1.54) is 4.88 Å². The maximum atomic E-state index is 4.91. The molecule has 2 aromatic heterocycles. The molecule has 1 saturated heterocycles. The van der Waals surface area contributed by atoms with Crippen molar-refractivity contribution in [1.82, 2.24) is 29.9 Å². The maximum absolute atomic E-state index is 4.91. The van der Waals surface area contributed by atoms with Crippen LogP contribution in [0.3, 0.4) is 0 Å². The number of hydrogen-bond donors (Lipinski definition) is 1. The standard InChI is InChI=1S/C20H33N7S2.HI/c1-3-19-24-23-17-27(19)9-8-22-20(21-7-5-14-28-2)26-12-10-25(11-13-26)16-18-6-4-15-29-18;/h4,6,15,17H,3,5,7-14,16H2,1-2H3,(H,21,22);1H. The number of thiophene rings is 1. The number of aliphatic imine (C=N–C) groups is 1. The third-order valence-electron chi connectivity index (χ3n) is 5.05. The van der Waals surface area contributed by atoms with Crippen molar-refractivity contribution in [2.45, 2.75) is 32.9 Å². The lowest BCUT2D eigenvalue weighted by molar-refractivity contribution is 0.173. The van der Waals surface area contributed by atoms with E-state index in [1.54, 1.807) is 0 Å². The van der Waals surface area contributed by atoms with Gasteiger partial charge in [-0.05, 0) is 29.9 Å². The summed E-state index contributed by atoms with van der Waals surface area (Å²) in [5.41, 5.74) is 0. The highest BCUT2D eigenvalue weighted by atomic mass is 127. The van der Waals surface area contributed by atoms with Gasteiger partial charge in [0.15, 0.2) is 5.96 Å². The lowest BCUT2D eigenvalue weighted by Gasteiger charge is -2.36. The van der Waals surface area contributed by atoms with E-state index in [-0.39, 0.29) is 24.0 Å². The monoisotopic (exact) mass is 563 g/mol. The Morgan fingerprint density at radius 3 is 2.83 bits per heavy atom. The van der Waals surface area contributed by atoms with E-state index in [0.29, 0.717) is 0 Å². The summed E-state index contributed by atoms with van der Waals surface area (Å²) in [6, 6.07) is 4.37. The number of nitrogens with zero attached hydrogens (tertiary/aromatic N) is 6. The van der Waals surface area contributed by atoms with Crippen molar-refractivity contribution in [1.29, 1.82) is 0 Å². The third-order valence-corrected chi connectivity index (χ3v) is 6.61. The Balaban J connectivity index is 0.00000320. The molecule has 0 saturated carbocycles. The van der Waals surface area contributed by atoms with Gasteiger partial charge in [-0.3, -0.25) is 9.89 Å². The molecular formula is C20H34IN7S2. The van der Waals surface area contributed by atoms with Crippen LogP contribution in [0.4, 0.5) is 0 Å². The van der Waals surface area contributed by atoms with Crippen LogP contribution in [0.25, 0.3) is 0 Å². The van der Waals surface area contributed by atoms with Crippen molar-refractivity contribution in [2.24, 2.45) is 4.99 Å². The number of halogens is 1. The van der Waals surface area contributed by atoms with Gasteiger partial charge in [-0.15, -0.1) is 45.5 Å². The second-order valence-corrected chi connectivity index (χ2v) is 9.13. The fourth-order valence-corrected chi connectivity index (χ4v) is 4.59. The minimum absolute atomic E-state index is 0. The minimum Gasteiger partial charge on any atom is -0.354 e. The van der Waals surface area contributed by atoms with Crippen LogP contribution in [-0.2, 0) is 19.5 Å². The number of thioether (sulfide) groups is 1. The van der Waals surface area contributed by atoms with E-state index >= 15 is 0 Å². The van der Waals surface area contributed by atoms with Gasteiger partial charge in [-0.25, -0.2) is 0 Å². The molecule has 7 nitrogen and oxygen atoms in total. The van der Waals surface area contributed by atoms with Gasteiger partial charge >= 0.3 is 0 Å².